The zero-order valence-electron chi connectivity index (χ0n) is 9.93. The highest BCUT2D eigenvalue weighted by molar-refractivity contribution is 5.88. The van der Waals surface area contributed by atoms with Gasteiger partial charge in [0.25, 0.3) is 0 Å². The maximum Gasteiger partial charge on any atom is 0.335 e. The van der Waals surface area contributed by atoms with E-state index >= 15 is 0 Å². The summed E-state index contributed by atoms with van der Waals surface area (Å²) in [5.41, 5.74) is 0.164. The number of aromatic carboxylic acids is 1. The molecule has 1 aromatic rings. The summed E-state index contributed by atoms with van der Waals surface area (Å²) in [7, 11) is 1.51. The lowest BCUT2D eigenvalue weighted by atomic mass is 10.2. The van der Waals surface area contributed by atoms with Gasteiger partial charge in [-0.15, -0.1) is 0 Å². The molecule has 5 nitrogen and oxygen atoms in total. The van der Waals surface area contributed by atoms with Gasteiger partial charge in [-0.1, -0.05) is 0 Å². The van der Waals surface area contributed by atoms with Crippen LogP contribution in [0.15, 0.2) is 18.2 Å². The zero-order valence-corrected chi connectivity index (χ0v) is 9.93. The fourth-order valence-electron chi connectivity index (χ4n) is 1.28. The van der Waals surface area contributed by atoms with Crippen LogP contribution in [0.3, 0.4) is 0 Å². The lowest BCUT2D eigenvalue weighted by Crippen LogP contribution is -2.08. The normalized spacial score (nSPS) is 10.0. The topological polar surface area (TPSA) is 65.0 Å². The second-order valence-electron chi connectivity index (χ2n) is 3.22. The van der Waals surface area contributed by atoms with Gasteiger partial charge in [-0.25, -0.2) is 4.79 Å². The minimum Gasteiger partial charge on any atom is -0.493 e. The standard InChI is InChI=1S/C12H16O5/c1-3-16-6-7-17-11-8-9(12(13)14)4-5-10(11)15-2/h4-5,8H,3,6-7H2,1-2H3,(H,13,14). The minimum atomic E-state index is -0.998. The van der Waals surface area contributed by atoms with E-state index in [9.17, 15) is 4.79 Å². The van der Waals surface area contributed by atoms with Crippen LogP contribution in [0.25, 0.3) is 0 Å². The monoisotopic (exact) mass is 240 g/mol. The number of benzene rings is 1. The highest BCUT2D eigenvalue weighted by Crippen LogP contribution is 2.27. The Labute approximate surface area is 99.9 Å². The van der Waals surface area contributed by atoms with Crippen LogP contribution in [0, 0.1) is 0 Å². The van der Waals surface area contributed by atoms with Crippen molar-refractivity contribution in [2.75, 3.05) is 26.9 Å². The molecule has 1 N–H and O–H groups in total. The predicted octanol–water partition coefficient (Wildman–Crippen LogP) is 1.81. The molecule has 0 amide bonds. The van der Waals surface area contributed by atoms with Gasteiger partial charge in [0.05, 0.1) is 19.3 Å². The lowest BCUT2D eigenvalue weighted by molar-refractivity contribution is 0.0696. The Bertz CT molecular complexity index is 375. The molecule has 0 fully saturated rings. The van der Waals surface area contributed by atoms with Crippen molar-refractivity contribution in [2.45, 2.75) is 6.92 Å². The average molecular weight is 240 g/mol. The molecule has 5 heteroatoms. The molecule has 0 heterocycles. The average Bonchev–Trinajstić information content (AvgIpc) is 2.34. The van der Waals surface area contributed by atoms with Gasteiger partial charge >= 0.3 is 5.97 Å². The van der Waals surface area contributed by atoms with Crippen LogP contribution in [-0.4, -0.2) is 38.0 Å². The van der Waals surface area contributed by atoms with Crippen LogP contribution in [0.2, 0.25) is 0 Å². The van der Waals surface area contributed by atoms with Gasteiger partial charge in [0.1, 0.15) is 6.61 Å². The molecule has 0 spiro atoms. The van der Waals surface area contributed by atoms with Crippen molar-refractivity contribution in [3.63, 3.8) is 0 Å². The Balaban J connectivity index is 2.72. The molecule has 17 heavy (non-hydrogen) atoms. The Hall–Kier alpha value is -1.75. The van der Waals surface area contributed by atoms with E-state index in [1.54, 1.807) is 6.07 Å². The van der Waals surface area contributed by atoms with E-state index in [4.69, 9.17) is 19.3 Å². The van der Waals surface area contributed by atoms with E-state index in [1.807, 2.05) is 6.92 Å². The maximum atomic E-state index is 10.8. The first kappa shape index (κ1) is 13.3. The summed E-state index contributed by atoms with van der Waals surface area (Å²) < 4.78 is 15.6. The summed E-state index contributed by atoms with van der Waals surface area (Å²) >= 11 is 0. The van der Waals surface area contributed by atoms with Gasteiger partial charge in [0.2, 0.25) is 0 Å². The summed E-state index contributed by atoms with van der Waals surface area (Å²) in [5, 5.41) is 8.86. The number of rotatable bonds is 7. The number of ether oxygens (including phenoxy) is 3. The molecular formula is C12H16O5. The first-order chi connectivity index (χ1) is 8.19. The van der Waals surface area contributed by atoms with Gasteiger partial charge in [-0.3, -0.25) is 0 Å². The molecule has 1 rings (SSSR count). The Kier molecular flexibility index (Phi) is 5.29. The molecule has 0 atom stereocenters. The van der Waals surface area contributed by atoms with Crippen molar-refractivity contribution in [1.82, 2.24) is 0 Å². The number of carboxylic acid groups (broad SMARTS) is 1. The molecule has 0 bridgehead atoms. The van der Waals surface area contributed by atoms with Crippen LogP contribution in [-0.2, 0) is 4.74 Å². The van der Waals surface area contributed by atoms with E-state index < -0.39 is 5.97 Å². The van der Waals surface area contributed by atoms with Gasteiger partial charge in [0.15, 0.2) is 11.5 Å². The van der Waals surface area contributed by atoms with E-state index in [1.165, 1.54) is 19.2 Å². The number of carboxylic acids is 1. The Morgan fingerprint density at radius 2 is 2.06 bits per heavy atom. The lowest BCUT2D eigenvalue weighted by Gasteiger charge is -2.11. The van der Waals surface area contributed by atoms with Gasteiger partial charge in [-0.2, -0.15) is 0 Å². The maximum absolute atomic E-state index is 10.8. The van der Waals surface area contributed by atoms with Crippen molar-refractivity contribution in [3.05, 3.63) is 23.8 Å². The fraction of sp³-hybridized carbons (Fsp3) is 0.417. The molecule has 0 saturated carbocycles. The SMILES string of the molecule is CCOCCOc1cc(C(=O)O)ccc1OC. The van der Waals surface area contributed by atoms with E-state index in [-0.39, 0.29) is 5.56 Å². The third kappa shape index (κ3) is 3.96. The molecule has 0 aliphatic rings. The minimum absolute atomic E-state index is 0.164. The quantitative estimate of drug-likeness (QED) is 0.736. The Morgan fingerprint density at radius 3 is 2.65 bits per heavy atom. The molecule has 0 radical (unpaired) electrons. The summed E-state index contributed by atoms with van der Waals surface area (Å²) in [6, 6.07) is 4.48. The molecular weight excluding hydrogens is 224 g/mol. The van der Waals surface area contributed by atoms with E-state index in [0.717, 1.165) is 0 Å². The van der Waals surface area contributed by atoms with Crippen molar-refractivity contribution in [3.8, 4) is 11.5 Å². The smallest absolute Gasteiger partial charge is 0.335 e. The molecule has 94 valence electrons. The predicted molar refractivity (Wildman–Crippen MR) is 61.9 cm³/mol. The fourth-order valence-corrected chi connectivity index (χ4v) is 1.28. The van der Waals surface area contributed by atoms with Crippen molar-refractivity contribution >= 4 is 5.97 Å². The highest BCUT2D eigenvalue weighted by Gasteiger charge is 2.09. The summed E-state index contributed by atoms with van der Waals surface area (Å²) in [6.07, 6.45) is 0. The first-order valence-electron chi connectivity index (χ1n) is 5.31. The molecule has 0 unspecified atom stereocenters. The first-order valence-corrected chi connectivity index (χ1v) is 5.31. The van der Waals surface area contributed by atoms with Gasteiger partial charge in [0, 0.05) is 6.61 Å². The molecule has 0 aliphatic carbocycles. The van der Waals surface area contributed by atoms with Crippen molar-refractivity contribution in [2.24, 2.45) is 0 Å². The van der Waals surface area contributed by atoms with Crippen LogP contribution in [0.1, 0.15) is 17.3 Å². The number of methoxy groups -OCH3 is 1. The van der Waals surface area contributed by atoms with Crippen LogP contribution < -0.4 is 9.47 Å². The zero-order chi connectivity index (χ0) is 12.7. The summed E-state index contributed by atoms with van der Waals surface area (Å²) in [6.45, 7) is 3.32. The van der Waals surface area contributed by atoms with Crippen LogP contribution in [0.5, 0.6) is 11.5 Å². The second kappa shape index (κ2) is 6.75. The van der Waals surface area contributed by atoms with Crippen LogP contribution >= 0.6 is 0 Å². The highest BCUT2D eigenvalue weighted by atomic mass is 16.5. The second-order valence-corrected chi connectivity index (χ2v) is 3.22. The van der Waals surface area contributed by atoms with Crippen molar-refractivity contribution in [1.29, 1.82) is 0 Å². The molecule has 0 saturated heterocycles. The number of hydrogen-bond acceptors (Lipinski definition) is 4. The number of carbonyl (C=O) groups is 1. The molecule has 1 aromatic carbocycles. The summed E-state index contributed by atoms with van der Waals surface area (Å²) in [5.74, 6) is -0.0825. The summed E-state index contributed by atoms with van der Waals surface area (Å²) in [4.78, 5) is 10.8. The van der Waals surface area contributed by atoms with Gasteiger partial charge < -0.3 is 19.3 Å². The van der Waals surface area contributed by atoms with Gasteiger partial charge in [-0.05, 0) is 25.1 Å². The third-order valence-electron chi connectivity index (χ3n) is 2.10. The van der Waals surface area contributed by atoms with E-state index in [0.29, 0.717) is 31.3 Å². The largest absolute Gasteiger partial charge is 0.493 e. The van der Waals surface area contributed by atoms with Crippen LogP contribution in [0.4, 0.5) is 0 Å². The molecule has 0 aliphatic heterocycles. The van der Waals surface area contributed by atoms with E-state index in [2.05, 4.69) is 0 Å². The molecule has 0 aromatic heterocycles. The van der Waals surface area contributed by atoms with Crippen molar-refractivity contribution < 1.29 is 24.1 Å². The Morgan fingerprint density at radius 1 is 1.29 bits per heavy atom. The number of hydrogen-bond donors (Lipinski definition) is 1. The third-order valence-corrected chi connectivity index (χ3v) is 2.10.